The van der Waals surface area contributed by atoms with Gasteiger partial charge in [-0.2, -0.15) is 0 Å². The van der Waals surface area contributed by atoms with E-state index in [0.29, 0.717) is 23.5 Å². The average Bonchev–Trinajstić information content (AvgIpc) is 2.49. The molecule has 3 nitrogen and oxygen atoms in total. The fraction of sp³-hybridized carbons (Fsp3) is 0.188. The highest BCUT2D eigenvalue weighted by molar-refractivity contribution is 6.30. The van der Waals surface area contributed by atoms with E-state index >= 15 is 0 Å². The molecular formula is C16H14ClFO3. The van der Waals surface area contributed by atoms with Crippen LogP contribution in [0.2, 0.25) is 5.02 Å². The van der Waals surface area contributed by atoms with E-state index in [2.05, 4.69) is 0 Å². The van der Waals surface area contributed by atoms with Crippen molar-refractivity contribution in [3.05, 3.63) is 64.4 Å². The summed E-state index contributed by atoms with van der Waals surface area (Å²) in [6, 6.07) is 11.2. The molecular weight excluding hydrogens is 295 g/mol. The molecule has 0 spiro atoms. The number of hydrogen-bond donors (Lipinski definition) is 0. The molecule has 0 aliphatic carbocycles. The van der Waals surface area contributed by atoms with E-state index in [4.69, 9.17) is 21.1 Å². The third-order valence-corrected chi connectivity index (χ3v) is 3.08. The fourth-order valence-corrected chi connectivity index (χ4v) is 1.92. The van der Waals surface area contributed by atoms with Gasteiger partial charge in [0.05, 0.1) is 17.2 Å². The first-order valence-electron chi connectivity index (χ1n) is 6.44. The molecule has 5 heteroatoms. The van der Waals surface area contributed by atoms with Crippen LogP contribution in [0.3, 0.4) is 0 Å². The number of rotatable bonds is 5. The van der Waals surface area contributed by atoms with Gasteiger partial charge in [-0.05, 0) is 37.3 Å². The summed E-state index contributed by atoms with van der Waals surface area (Å²) in [5.74, 6) is -0.338. The summed E-state index contributed by atoms with van der Waals surface area (Å²) in [6.45, 7) is 2.13. The van der Waals surface area contributed by atoms with E-state index in [1.165, 1.54) is 6.07 Å². The van der Waals surface area contributed by atoms with E-state index < -0.39 is 5.82 Å². The molecule has 110 valence electrons. The molecule has 0 bridgehead atoms. The molecule has 2 aromatic rings. The van der Waals surface area contributed by atoms with Gasteiger partial charge in [0.15, 0.2) is 0 Å². The third kappa shape index (κ3) is 3.95. The minimum Gasteiger partial charge on any atom is -0.489 e. The molecule has 0 amide bonds. The molecule has 2 aromatic carbocycles. The molecule has 0 fully saturated rings. The molecule has 0 aliphatic heterocycles. The molecule has 0 aromatic heterocycles. The van der Waals surface area contributed by atoms with Crippen LogP contribution in [0.4, 0.5) is 4.39 Å². The Morgan fingerprint density at radius 2 is 1.90 bits per heavy atom. The standard InChI is InChI=1S/C16H14ClFO3/c1-2-20-16(19)11-6-8-13(9-7-11)21-10-12-4-3-5-14(17)15(12)18/h3-9H,2,10H2,1H3. The molecule has 0 atom stereocenters. The molecule has 2 rings (SSSR count). The number of benzene rings is 2. The van der Waals surface area contributed by atoms with Crippen LogP contribution in [0, 0.1) is 5.82 Å². The van der Waals surface area contributed by atoms with Gasteiger partial charge in [0.25, 0.3) is 0 Å². The Balaban J connectivity index is 2.01. The summed E-state index contributed by atoms with van der Waals surface area (Å²) in [7, 11) is 0. The van der Waals surface area contributed by atoms with Crippen LogP contribution in [0.25, 0.3) is 0 Å². The number of esters is 1. The highest BCUT2D eigenvalue weighted by Crippen LogP contribution is 2.20. The Bertz CT molecular complexity index is 626. The van der Waals surface area contributed by atoms with E-state index in [1.54, 1.807) is 43.3 Å². The SMILES string of the molecule is CCOC(=O)c1ccc(OCc2cccc(Cl)c2F)cc1. The number of hydrogen-bond acceptors (Lipinski definition) is 3. The largest absolute Gasteiger partial charge is 0.489 e. The average molecular weight is 309 g/mol. The van der Waals surface area contributed by atoms with Gasteiger partial charge in [-0.15, -0.1) is 0 Å². The van der Waals surface area contributed by atoms with Crippen molar-refractivity contribution < 1.29 is 18.7 Å². The Hall–Kier alpha value is -2.07. The maximum atomic E-state index is 13.7. The predicted molar refractivity (Wildman–Crippen MR) is 78.1 cm³/mol. The molecule has 0 aliphatic rings. The minimum atomic E-state index is -0.484. The Morgan fingerprint density at radius 1 is 1.19 bits per heavy atom. The summed E-state index contributed by atoms with van der Waals surface area (Å²) in [4.78, 5) is 11.5. The monoisotopic (exact) mass is 308 g/mol. The Kier molecular flexibility index (Phi) is 5.17. The number of ether oxygens (including phenoxy) is 2. The molecule has 0 unspecified atom stereocenters. The van der Waals surface area contributed by atoms with Crippen molar-refractivity contribution in [3.63, 3.8) is 0 Å². The highest BCUT2D eigenvalue weighted by atomic mass is 35.5. The van der Waals surface area contributed by atoms with Gasteiger partial charge in [-0.3, -0.25) is 0 Å². The van der Waals surface area contributed by atoms with Crippen molar-refractivity contribution in [3.8, 4) is 5.75 Å². The second-order valence-corrected chi connectivity index (χ2v) is 4.65. The maximum Gasteiger partial charge on any atom is 0.338 e. The van der Waals surface area contributed by atoms with Gasteiger partial charge >= 0.3 is 5.97 Å². The normalized spacial score (nSPS) is 10.2. The van der Waals surface area contributed by atoms with Crippen molar-refractivity contribution in [2.24, 2.45) is 0 Å². The summed E-state index contributed by atoms with van der Waals surface area (Å²) in [6.07, 6.45) is 0. The first-order chi connectivity index (χ1) is 10.1. The molecule has 21 heavy (non-hydrogen) atoms. The van der Waals surface area contributed by atoms with E-state index in [0.717, 1.165) is 0 Å². The molecule has 0 saturated carbocycles. The second-order valence-electron chi connectivity index (χ2n) is 4.25. The van der Waals surface area contributed by atoms with E-state index in [1.807, 2.05) is 0 Å². The molecule has 0 heterocycles. The van der Waals surface area contributed by atoms with Crippen molar-refractivity contribution in [1.82, 2.24) is 0 Å². The molecule has 0 radical (unpaired) electrons. The third-order valence-electron chi connectivity index (χ3n) is 2.79. The summed E-state index contributed by atoms with van der Waals surface area (Å²) >= 11 is 5.70. The van der Waals surface area contributed by atoms with Crippen molar-refractivity contribution in [2.45, 2.75) is 13.5 Å². The van der Waals surface area contributed by atoms with Crippen LogP contribution in [0.5, 0.6) is 5.75 Å². The topological polar surface area (TPSA) is 35.5 Å². The smallest absolute Gasteiger partial charge is 0.338 e. The van der Waals surface area contributed by atoms with Gasteiger partial charge in [0.2, 0.25) is 0 Å². The quantitative estimate of drug-likeness (QED) is 0.775. The lowest BCUT2D eigenvalue weighted by molar-refractivity contribution is 0.0526. The predicted octanol–water partition coefficient (Wildman–Crippen LogP) is 4.23. The first kappa shape index (κ1) is 15.3. The van der Waals surface area contributed by atoms with Crippen molar-refractivity contribution in [2.75, 3.05) is 6.61 Å². The first-order valence-corrected chi connectivity index (χ1v) is 6.82. The zero-order valence-corrected chi connectivity index (χ0v) is 12.2. The van der Waals surface area contributed by atoms with Gasteiger partial charge in [0.1, 0.15) is 18.2 Å². The number of carbonyl (C=O) groups excluding carboxylic acids is 1. The van der Waals surface area contributed by atoms with Crippen LogP contribution in [-0.4, -0.2) is 12.6 Å². The minimum absolute atomic E-state index is 0.0607. The summed E-state index contributed by atoms with van der Waals surface area (Å²) in [5.41, 5.74) is 0.815. The van der Waals surface area contributed by atoms with Crippen molar-refractivity contribution >= 4 is 17.6 Å². The van der Waals surface area contributed by atoms with Gasteiger partial charge in [-0.25, -0.2) is 9.18 Å². The van der Waals surface area contributed by atoms with Crippen LogP contribution in [0.1, 0.15) is 22.8 Å². The highest BCUT2D eigenvalue weighted by Gasteiger charge is 2.08. The van der Waals surface area contributed by atoms with Gasteiger partial charge in [-0.1, -0.05) is 23.7 Å². The number of halogens is 2. The zero-order valence-electron chi connectivity index (χ0n) is 11.4. The lowest BCUT2D eigenvalue weighted by atomic mass is 10.2. The fourth-order valence-electron chi connectivity index (χ4n) is 1.72. The van der Waals surface area contributed by atoms with Crippen LogP contribution in [-0.2, 0) is 11.3 Å². The zero-order chi connectivity index (χ0) is 15.2. The Labute approximate surface area is 127 Å². The van der Waals surface area contributed by atoms with Gasteiger partial charge in [0, 0.05) is 5.56 Å². The Morgan fingerprint density at radius 3 is 2.57 bits per heavy atom. The lowest BCUT2D eigenvalue weighted by Gasteiger charge is -2.08. The van der Waals surface area contributed by atoms with Gasteiger partial charge < -0.3 is 9.47 Å². The van der Waals surface area contributed by atoms with Crippen LogP contribution in [0.15, 0.2) is 42.5 Å². The van der Waals surface area contributed by atoms with Crippen LogP contribution < -0.4 is 4.74 Å². The van der Waals surface area contributed by atoms with E-state index in [9.17, 15) is 9.18 Å². The summed E-state index contributed by atoms with van der Waals surface area (Å²) < 4.78 is 24.0. The second kappa shape index (κ2) is 7.09. The van der Waals surface area contributed by atoms with Crippen LogP contribution >= 0.6 is 11.6 Å². The van der Waals surface area contributed by atoms with E-state index in [-0.39, 0.29) is 17.6 Å². The maximum absolute atomic E-state index is 13.7. The lowest BCUT2D eigenvalue weighted by Crippen LogP contribution is -2.04. The summed E-state index contributed by atoms with van der Waals surface area (Å²) in [5, 5.41) is 0.0637. The van der Waals surface area contributed by atoms with Crippen molar-refractivity contribution in [1.29, 1.82) is 0 Å². The molecule has 0 saturated heterocycles. The molecule has 0 N–H and O–H groups in total. The number of carbonyl (C=O) groups is 1.